The molecule has 21 heavy (non-hydrogen) atoms. The first-order valence-corrected chi connectivity index (χ1v) is 6.46. The molecule has 5 heteroatoms. The fraction of sp³-hybridized carbons (Fsp3) is 0. The highest BCUT2D eigenvalue weighted by Crippen LogP contribution is 2.31. The van der Waals surface area contributed by atoms with Gasteiger partial charge in [-0.3, -0.25) is 9.38 Å². The Morgan fingerprint density at radius 1 is 1.05 bits per heavy atom. The molecule has 0 amide bonds. The first-order valence-electron chi connectivity index (χ1n) is 6.46. The molecule has 0 radical (unpaired) electrons. The Balaban J connectivity index is 2.01. The SMILES string of the molecule is Fc1ccc(-c2nc3occn3c2-c2ccccn2)cc1. The summed E-state index contributed by atoms with van der Waals surface area (Å²) in [6.07, 6.45) is 5.09. The standard InChI is InChI=1S/C16H10FN3O/c17-12-6-4-11(5-7-12)14-15(13-3-1-2-8-18-13)20-9-10-21-16(20)19-14/h1-10H. The van der Waals surface area contributed by atoms with Crippen LogP contribution in [-0.2, 0) is 0 Å². The smallest absolute Gasteiger partial charge is 0.306 e. The predicted molar refractivity (Wildman–Crippen MR) is 76.1 cm³/mol. The van der Waals surface area contributed by atoms with Crippen molar-refractivity contribution in [1.29, 1.82) is 0 Å². The monoisotopic (exact) mass is 279 g/mol. The molecule has 0 aliphatic rings. The summed E-state index contributed by atoms with van der Waals surface area (Å²) in [5, 5.41) is 0. The Labute approximate surface area is 119 Å². The second-order valence-corrected chi connectivity index (χ2v) is 4.59. The largest absolute Gasteiger partial charge is 0.432 e. The van der Waals surface area contributed by atoms with Crippen molar-refractivity contribution in [3.63, 3.8) is 0 Å². The van der Waals surface area contributed by atoms with Crippen LogP contribution in [0.2, 0.25) is 0 Å². The van der Waals surface area contributed by atoms with Gasteiger partial charge in [0.25, 0.3) is 0 Å². The Hall–Kier alpha value is -2.95. The molecule has 0 N–H and O–H groups in total. The lowest BCUT2D eigenvalue weighted by Gasteiger charge is -2.03. The van der Waals surface area contributed by atoms with E-state index >= 15 is 0 Å². The molecular weight excluding hydrogens is 269 g/mol. The summed E-state index contributed by atoms with van der Waals surface area (Å²) < 4.78 is 20.3. The van der Waals surface area contributed by atoms with Crippen molar-refractivity contribution in [1.82, 2.24) is 14.4 Å². The quantitative estimate of drug-likeness (QED) is 0.560. The van der Waals surface area contributed by atoms with E-state index in [1.165, 1.54) is 12.1 Å². The maximum Gasteiger partial charge on any atom is 0.306 e. The molecule has 102 valence electrons. The van der Waals surface area contributed by atoms with Crippen molar-refractivity contribution in [3.05, 3.63) is 66.9 Å². The summed E-state index contributed by atoms with van der Waals surface area (Å²) in [6, 6.07) is 11.9. The van der Waals surface area contributed by atoms with Gasteiger partial charge in [0.05, 0.1) is 5.69 Å². The number of pyridine rings is 1. The minimum Gasteiger partial charge on any atom is -0.432 e. The van der Waals surface area contributed by atoms with E-state index in [-0.39, 0.29) is 5.82 Å². The molecule has 3 aromatic heterocycles. The molecule has 0 bridgehead atoms. The van der Waals surface area contributed by atoms with Crippen LogP contribution in [-0.4, -0.2) is 14.4 Å². The van der Waals surface area contributed by atoms with Crippen LogP contribution in [0.4, 0.5) is 4.39 Å². The molecule has 0 saturated carbocycles. The van der Waals surface area contributed by atoms with Crippen LogP contribution in [0.3, 0.4) is 0 Å². The molecule has 0 fully saturated rings. The van der Waals surface area contributed by atoms with E-state index in [1.54, 1.807) is 30.8 Å². The van der Waals surface area contributed by atoms with Gasteiger partial charge in [0.15, 0.2) is 0 Å². The van der Waals surface area contributed by atoms with Crippen LogP contribution in [0, 0.1) is 5.82 Å². The van der Waals surface area contributed by atoms with E-state index in [9.17, 15) is 4.39 Å². The van der Waals surface area contributed by atoms with Gasteiger partial charge in [-0.05, 0) is 36.4 Å². The Kier molecular flexibility index (Phi) is 2.57. The zero-order chi connectivity index (χ0) is 14.2. The molecule has 3 heterocycles. The number of aromatic nitrogens is 3. The highest BCUT2D eigenvalue weighted by molar-refractivity contribution is 5.79. The van der Waals surface area contributed by atoms with Crippen molar-refractivity contribution in [2.24, 2.45) is 0 Å². The minimum absolute atomic E-state index is 0.277. The summed E-state index contributed by atoms with van der Waals surface area (Å²) in [5.41, 5.74) is 3.14. The maximum absolute atomic E-state index is 13.1. The van der Waals surface area contributed by atoms with Crippen LogP contribution in [0.25, 0.3) is 28.5 Å². The zero-order valence-corrected chi connectivity index (χ0v) is 10.9. The summed E-state index contributed by atoms with van der Waals surface area (Å²) in [4.78, 5) is 8.86. The number of benzene rings is 1. The number of hydrogen-bond acceptors (Lipinski definition) is 3. The topological polar surface area (TPSA) is 43.3 Å². The molecule has 0 spiro atoms. The Morgan fingerprint density at radius 3 is 2.67 bits per heavy atom. The van der Waals surface area contributed by atoms with Crippen molar-refractivity contribution >= 4 is 5.84 Å². The summed E-state index contributed by atoms with van der Waals surface area (Å²) >= 11 is 0. The average Bonchev–Trinajstić information content (AvgIpc) is 3.09. The van der Waals surface area contributed by atoms with Crippen LogP contribution in [0.15, 0.2) is 65.5 Å². The average molecular weight is 279 g/mol. The third-order valence-corrected chi connectivity index (χ3v) is 3.29. The van der Waals surface area contributed by atoms with Gasteiger partial charge in [-0.15, -0.1) is 0 Å². The first-order chi connectivity index (χ1) is 10.3. The van der Waals surface area contributed by atoms with E-state index in [0.29, 0.717) is 11.5 Å². The Morgan fingerprint density at radius 2 is 1.90 bits per heavy atom. The lowest BCUT2D eigenvalue weighted by atomic mass is 10.1. The van der Waals surface area contributed by atoms with Gasteiger partial charge in [0.2, 0.25) is 0 Å². The lowest BCUT2D eigenvalue weighted by Crippen LogP contribution is -1.90. The Bertz CT molecular complexity index is 894. The summed E-state index contributed by atoms with van der Waals surface area (Å²) in [6.45, 7) is 0. The van der Waals surface area contributed by atoms with Gasteiger partial charge in [-0.2, -0.15) is 4.98 Å². The van der Waals surface area contributed by atoms with E-state index in [2.05, 4.69) is 9.97 Å². The third-order valence-electron chi connectivity index (χ3n) is 3.29. The van der Waals surface area contributed by atoms with Gasteiger partial charge in [-0.25, -0.2) is 4.39 Å². The van der Waals surface area contributed by atoms with Crippen molar-refractivity contribution in [3.8, 4) is 22.6 Å². The van der Waals surface area contributed by atoms with E-state index in [4.69, 9.17) is 4.42 Å². The third kappa shape index (κ3) is 1.90. The van der Waals surface area contributed by atoms with E-state index in [0.717, 1.165) is 17.0 Å². The normalized spacial score (nSPS) is 11.1. The number of imidazole rings is 1. The molecule has 0 aliphatic heterocycles. The van der Waals surface area contributed by atoms with Crippen LogP contribution >= 0.6 is 0 Å². The number of oxazole rings is 1. The number of fused-ring (bicyclic) bond motifs is 1. The van der Waals surface area contributed by atoms with Gasteiger partial charge in [0, 0.05) is 18.0 Å². The molecular formula is C16H10FN3O. The highest BCUT2D eigenvalue weighted by atomic mass is 19.1. The molecule has 4 rings (SSSR count). The first kappa shape index (κ1) is 11.8. The van der Waals surface area contributed by atoms with Crippen LogP contribution in [0.1, 0.15) is 0 Å². The second kappa shape index (κ2) is 4.56. The molecule has 1 aromatic carbocycles. The van der Waals surface area contributed by atoms with Gasteiger partial charge < -0.3 is 4.42 Å². The minimum atomic E-state index is -0.277. The second-order valence-electron chi connectivity index (χ2n) is 4.59. The zero-order valence-electron chi connectivity index (χ0n) is 10.9. The molecule has 4 aromatic rings. The van der Waals surface area contributed by atoms with Crippen molar-refractivity contribution in [2.45, 2.75) is 0 Å². The lowest BCUT2D eigenvalue weighted by molar-refractivity contribution is 0.596. The van der Waals surface area contributed by atoms with Crippen molar-refractivity contribution < 1.29 is 8.81 Å². The maximum atomic E-state index is 13.1. The van der Waals surface area contributed by atoms with Crippen LogP contribution < -0.4 is 0 Å². The van der Waals surface area contributed by atoms with E-state index < -0.39 is 0 Å². The number of nitrogens with zero attached hydrogens (tertiary/aromatic N) is 3. The van der Waals surface area contributed by atoms with Gasteiger partial charge in [0.1, 0.15) is 23.5 Å². The highest BCUT2D eigenvalue weighted by Gasteiger charge is 2.18. The van der Waals surface area contributed by atoms with Gasteiger partial charge in [-0.1, -0.05) is 6.07 Å². The molecule has 0 unspecified atom stereocenters. The fourth-order valence-corrected chi connectivity index (χ4v) is 2.34. The molecule has 0 atom stereocenters. The number of hydrogen-bond donors (Lipinski definition) is 0. The van der Waals surface area contributed by atoms with Crippen LogP contribution in [0.5, 0.6) is 0 Å². The number of rotatable bonds is 2. The van der Waals surface area contributed by atoms with E-state index in [1.807, 2.05) is 22.6 Å². The molecule has 4 nitrogen and oxygen atoms in total. The summed E-state index contributed by atoms with van der Waals surface area (Å²) in [5.74, 6) is 0.205. The molecule has 0 saturated heterocycles. The van der Waals surface area contributed by atoms with Gasteiger partial charge >= 0.3 is 5.84 Å². The fourth-order valence-electron chi connectivity index (χ4n) is 2.34. The summed E-state index contributed by atoms with van der Waals surface area (Å²) in [7, 11) is 0. The predicted octanol–water partition coefficient (Wildman–Crippen LogP) is 3.80. The molecule has 0 aliphatic carbocycles. The van der Waals surface area contributed by atoms with Crippen molar-refractivity contribution in [2.75, 3.05) is 0 Å². The number of halogens is 1.